The van der Waals surface area contributed by atoms with Crippen LogP contribution >= 0.6 is 7.60 Å². The molecule has 2 unspecified atom stereocenters. The van der Waals surface area contributed by atoms with Gasteiger partial charge in [0.1, 0.15) is 12.2 Å². The van der Waals surface area contributed by atoms with E-state index in [0.717, 1.165) is 16.8 Å². The Morgan fingerprint density at radius 3 is 2.30 bits per heavy atom. The molecule has 6 atom stereocenters. The number of aromatic amines is 1. The zero-order chi connectivity index (χ0) is 22.9. The second-order valence-corrected chi connectivity index (χ2v) is 9.93. The molecule has 2 heterocycles. The van der Waals surface area contributed by atoms with Crippen LogP contribution in [-0.2, 0) is 13.8 Å². The van der Waals surface area contributed by atoms with E-state index < -0.39 is 54.3 Å². The van der Waals surface area contributed by atoms with E-state index in [1.807, 2.05) is 4.98 Å². The van der Waals surface area contributed by atoms with Gasteiger partial charge in [-0.2, -0.15) is 0 Å². The Bertz CT molecular complexity index is 896. The molecule has 0 saturated carbocycles. The van der Waals surface area contributed by atoms with Gasteiger partial charge in [0.25, 0.3) is 5.56 Å². The predicted molar refractivity (Wildman–Crippen MR) is 107 cm³/mol. The first-order chi connectivity index (χ1) is 13.8. The second-order valence-electron chi connectivity index (χ2n) is 7.87. The quantitative estimate of drug-likeness (QED) is 0.334. The lowest BCUT2D eigenvalue weighted by Crippen LogP contribution is -2.40. The van der Waals surface area contributed by atoms with Crippen LogP contribution in [0.5, 0.6) is 0 Å². The fourth-order valence-corrected chi connectivity index (χ4v) is 5.23. The van der Waals surface area contributed by atoms with Crippen LogP contribution in [-0.4, -0.2) is 59.0 Å². The smallest absolute Gasteiger partial charge is 0.359 e. The van der Waals surface area contributed by atoms with Crippen molar-refractivity contribution in [1.29, 1.82) is 0 Å². The van der Waals surface area contributed by atoms with Gasteiger partial charge in [0.2, 0.25) is 0 Å². The van der Waals surface area contributed by atoms with Crippen molar-refractivity contribution in [3.8, 4) is 0 Å². The van der Waals surface area contributed by atoms with Gasteiger partial charge in [-0.1, -0.05) is 20.8 Å². The summed E-state index contributed by atoms with van der Waals surface area (Å²) in [5.41, 5.74) is -2.71. The Labute approximate surface area is 173 Å². The van der Waals surface area contributed by atoms with Gasteiger partial charge in [0, 0.05) is 18.7 Å². The first kappa shape index (κ1) is 24.9. The van der Waals surface area contributed by atoms with Crippen LogP contribution in [0.4, 0.5) is 0 Å². The average Bonchev–Trinajstić information content (AvgIpc) is 2.94. The fraction of sp³-hybridized carbons (Fsp3) is 0.778. The van der Waals surface area contributed by atoms with Crippen molar-refractivity contribution in [2.75, 3.05) is 0 Å². The Hall–Kier alpha value is -1.33. The number of aromatic nitrogens is 2. The normalized spacial score (nSPS) is 28.8. The fourth-order valence-electron chi connectivity index (χ4n) is 3.46. The van der Waals surface area contributed by atoms with E-state index >= 15 is 0 Å². The lowest BCUT2D eigenvalue weighted by molar-refractivity contribution is -0.0721. The van der Waals surface area contributed by atoms with E-state index in [-0.39, 0.29) is 25.7 Å². The molecule has 172 valence electrons. The van der Waals surface area contributed by atoms with Crippen LogP contribution in [0.1, 0.15) is 59.6 Å². The number of ether oxygens (including phenoxy) is 1. The van der Waals surface area contributed by atoms with E-state index in [4.69, 9.17) is 9.26 Å². The van der Waals surface area contributed by atoms with Crippen LogP contribution in [0.3, 0.4) is 0 Å². The van der Waals surface area contributed by atoms with Crippen LogP contribution in [0.2, 0.25) is 0 Å². The molecule has 0 amide bonds. The van der Waals surface area contributed by atoms with Crippen molar-refractivity contribution in [2.45, 2.75) is 88.9 Å². The van der Waals surface area contributed by atoms with Gasteiger partial charge in [0.05, 0.1) is 11.7 Å². The monoisotopic (exact) mass is 450 g/mol. The van der Waals surface area contributed by atoms with Crippen molar-refractivity contribution in [1.82, 2.24) is 9.55 Å². The molecule has 12 heteroatoms. The Morgan fingerprint density at radius 1 is 1.20 bits per heavy atom. The third-order valence-corrected chi connectivity index (χ3v) is 8.22. The Balaban J connectivity index is 2.25. The highest BCUT2D eigenvalue weighted by atomic mass is 31.2. The molecule has 0 bridgehead atoms. The summed E-state index contributed by atoms with van der Waals surface area (Å²) in [5, 5.41) is 29.4. The molecule has 5 N–H and O–H groups in total. The number of nitrogens with zero attached hydrogens (tertiary/aromatic N) is 1. The molecule has 1 aliphatic heterocycles. The van der Waals surface area contributed by atoms with Crippen molar-refractivity contribution < 1.29 is 34.0 Å². The SMILES string of the molecule is CCC(C)(C[C@H]1O[C@@H](n2ccc(=O)[nH]c2=O)[C@H](O)[C@@H]1O)OP(=O)(O)C(O)(CC)CC. The average molecular weight is 450 g/mol. The maximum absolute atomic E-state index is 12.8. The van der Waals surface area contributed by atoms with E-state index in [2.05, 4.69) is 0 Å². The molecule has 1 saturated heterocycles. The lowest BCUT2D eigenvalue weighted by Gasteiger charge is -2.38. The molecular formula is C18H31N2O9P. The van der Waals surface area contributed by atoms with Crippen molar-refractivity contribution in [3.05, 3.63) is 33.1 Å². The topological polar surface area (TPSA) is 171 Å². The summed E-state index contributed by atoms with van der Waals surface area (Å²) in [6.45, 7) is 6.40. The van der Waals surface area contributed by atoms with Crippen molar-refractivity contribution in [3.63, 3.8) is 0 Å². The zero-order valence-electron chi connectivity index (χ0n) is 17.5. The molecule has 11 nitrogen and oxygen atoms in total. The molecule has 1 aliphatic rings. The van der Waals surface area contributed by atoms with Gasteiger partial charge in [0.15, 0.2) is 11.6 Å². The Morgan fingerprint density at radius 2 is 1.80 bits per heavy atom. The minimum Gasteiger partial charge on any atom is -0.388 e. The van der Waals surface area contributed by atoms with E-state index in [9.17, 15) is 34.4 Å². The van der Waals surface area contributed by atoms with Gasteiger partial charge >= 0.3 is 13.3 Å². The maximum Gasteiger partial charge on any atom is 0.359 e. The second kappa shape index (κ2) is 9.04. The highest BCUT2D eigenvalue weighted by Gasteiger charge is 2.51. The molecule has 0 radical (unpaired) electrons. The molecule has 1 fully saturated rings. The lowest BCUT2D eigenvalue weighted by atomic mass is 9.93. The van der Waals surface area contributed by atoms with Crippen LogP contribution < -0.4 is 11.2 Å². The standard InChI is InChI=1S/C18H31N2O9P/c1-5-17(4,29-30(26,27)18(25,6-2)7-3)10-11-13(22)14(23)15(28-11)20-9-8-12(21)19-16(20)24/h8-9,11,13-15,22-23,25H,5-7,10H2,1-4H3,(H,26,27)(H,19,21,24)/t11-,13-,14-,15-,17?/m1/s1. The van der Waals surface area contributed by atoms with Gasteiger partial charge < -0.3 is 29.5 Å². The van der Waals surface area contributed by atoms with Crippen LogP contribution in [0.15, 0.2) is 21.9 Å². The first-order valence-electron chi connectivity index (χ1n) is 9.92. The summed E-state index contributed by atoms with van der Waals surface area (Å²) in [4.78, 5) is 35.7. The summed E-state index contributed by atoms with van der Waals surface area (Å²) < 4.78 is 24.9. The minimum absolute atomic E-state index is 0.00946. The number of hydrogen-bond acceptors (Lipinski definition) is 8. The van der Waals surface area contributed by atoms with Crippen LogP contribution in [0, 0.1) is 0 Å². The highest BCUT2D eigenvalue weighted by Crippen LogP contribution is 2.60. The molecule has 1 aromatic rings. The summed E-state index contributed by atoms with van der Waals surface area (Å²) >= 11 is 0. The molecule has 0 spiro atoms. The molecule has 2 rings (SSSR count). The minimum atomic E-state index is -4.47. The molecular weight excluding hydrogens is 419 g/mol. The van der Waals surface area contributed by atoms with Gasteiger partial charge in [-0.15, -0.1) is 0 Å². The Kier molecular flexibility index (Phi) is 7.51. The predicted octanol–water partition coefficient (Wildman–Crippen LogP) is 0.425. The number of nitrogens with one attached hydrogen (secondary N) is 1. The van der Waals surface area contributed by atoms with Crippen molar-refractivity contribution in [2.24, 2.45) is 0 Å². The van der Waals surface area contributed by atoms with E-state index in [1.54, 1.807) is 27.7 Å². The third-order valence-electron chi connectivity index (χ3n) is 5.85. The molecule has 0 aliphatic carbocycles. The molecule has 30 heavy (non-hydrogen) atoms. The van der Waals surface area contributed by atoms with E-state index in [1.165, 1.54) is 0 Å². The first-order valence-corrected chi connectivity index (χ1v) is 11.5. The summed E-state index contributed by atoms with van der Waals surface area (Å²) in [6, 6.07) is 1.08. The number of rotatable bonds is 9. The highest BCUT2D eigenvalue weighted by molar-refractivity contribution is 7.54. The number of H-pyrrole nitrogens is 1. The van der Waals surface area contributed by atoms with Crippen molar-refractivity contribution >= 4 is 7.60 Å². The van der Waals surface area contributed by atoms with Gasteiger partial charge in [-0.3, -0.25) is 18.9 Å². The van der Waals surface area contributed by atoms with Gasteiger partial charge in [-0.05, 0) is 26.2 Å². The third kappa shape index (κ3) is 4.77. The number of hydrogen-bond donors (Lipinski definition) is 5. The van der Waals surface area contributed by atoms with Crippen LogP contribution in [0.25, 0.3) is 0 Å². The molecule has 0 aromatic carbocycles. The summed E-state index contributed by atoms with van der Waals surface area (Å²) in [7, 11) is -4.47. The largest absolute Gasteiger partial charge is 0.388 e. The maximum atomic E-state index is 12.8. The summed E-state index contributed by atoms with van der Waals surface area (Å²) in [6.07, 6.45) is -3.89. The molecule has 1 aromatic heterocycles. The zero-order valence-corrected chi connectivity index (χ0v) is 18.4. The van der Waals surface area contributed by atoms with E-state index in [0.29, 0.717) is 0 Å². The van der Waals surface area contributed by atoms with Gasteiger partial charge in [-0.25, -0.2) is 4.79 Å². The number of aliphatic hydroxyl groups is 3. The summed E-state index contributed by atoms with van der Waals surface area (Å²) in [5.74, 6) is 0. The number of aliphatic hydroxyl groups excluding tert-OH is 2.